The standard InChI is InChI=1S/C24H35N7O4S/c1-5-35-21-12-18(28-24-26-13-19(22(25)32)23(29-24)27-17-6-7-17)8-9-20(21)31-11-10-30(14-16(31)4)36(33,34)15(2)3/h8-9,12-13,15-17H,5-7,10-11,14H2,1-4H3,(H2,25,32)(H2,26,27,28,29)/t16-/m0/s1. The van der Waals surface area contributed by atoms with Gasteiger partial charge < -0.3 is 26.0 Å². The molecule has 0 bridgehead atoms. The summed E-state index contributed by atoms with van der Waals surface area (Å²) in [7, 11) is -3.30. The monoisotopic (exact) mass is 517 g/mol. The Kier molecular flexibility index (Phi) is 7.55. The number of carbonyl (C=O) groups is 1. The minimum absolute atomic E-state index is 0.0222. The van der Waals surface area contributed by atoms with Crippen molar-refractivity contribution >= 4 is 39.1 Å². The van der Waals surface area contributed by atoms with E-state index in [1.165, 1.54) is 6.20 Å². The Balaban J connectivity index is 1.54. The van der Waals surface area contributed by atoms with E-state index in [0.29, 0.717) is 49.8 Å². The van der Waals surface area contributed by atoms with Gasteiger partial charge in [-0.05, 0) is 52.7 Å². The molecule has 1 aromatic heterocycles. The van der Waals surface area contributed by atoms with Crippen LogP contribution in [0.3, 0.4) is 0 Å². The molecule has 1 saturated heterocycles. The van der Waals surface area contributed by atoms with Crippen LogP contribution in [0.5, 0.6) is 5.75 Å². The molecular formula is C24H35N7O4S. The fraction of sp³-hybridized carbons (Fsp3) is 0.542. The third-order valence-corrected chi connectivity index (χ3v) is 8.59. The number of nitrogens with two attached hydrogens (primary N) is 1. The number of hydrogen-bond acceptors (Lipinski definition) is 9. The van der Waals surface area contributed by atoms with Gasteiger partial charge in [-0.3, -0.25) is 4.79 Å². The van der Waals surface area contributed by atoms with Gasteiger partial charge in [0.2, 0.25) is 16.0 Å². The number of amides is 1. The summed E-state index contributed by atoms with van der Waals surface area (Å²) in [5.41, 5.74) is 7.35. The van der Waals surface area contributed by atoms with Crippen molar-refractivity contribution in [1.82, 2.24) is 14.3 Å². The van der Waals surface area contributed by atoms with Crippen LogP contribution in [0.4, 0.5) is 23.1 Å². The molecule has 11 nitrogen and oxygen atoms in total. The molecule has 36 heavy (non-hydrogen) atoms. The second-order valence-corrected chi connectivity index (χ2v) is 12.0. The number of benzene rings is 1. The van der Waals surface area contributed by atoms with E-state index in [1.807, 2.05) is 32.0 Å². The zero-order valence-electron chi connectivity index (χ0n) is 21.2. The van der Waals surface area contributed by atoms with Crippen molar-refractivity contribution in [1.29, 1.82) is 0 Å². The number of nitrogens with one attached hydrogen (secondary N) is 2. The topological polar surface area (TPSA) is 143 Å². The zero-order valence-corrected chi connectivity index (χ0v) is 22.0. The molecule has 2 fully saturated rings. The lowest BCUT2D eigenvalue weighted by molar-refractivity contribution is 0.100. The lowest BCUT2D eigenvalue weighted by Crippen LogP contribution is -2.55. The highest BCUT2D eigenvalue weighted by Gasteiger charge is 2.34. The molecule has 2 aromatic rings. The molecule has 0 radical (unpaired) electrons. The van der Waals surface area contributed by atoms with E-state index in [9.17, 15) is 13.2 Å². The summed E-state index contributed by atoms with van der Waals surface area (Å²) < 4.78 is 32.8. The number of carbonyl (C=O) groups excluding carboxylic acids is 1. The fourth-order valence-corrected chi connectivity index (χ4v) is 5.55. The van der Waals surface area contributed by atoms with E-state index in [4.69, 9.17) is 10.5 Å². The highest BCUT2D eigenvalue weighted by atomic mass is 32.2. The Bertz CT molecular complexity index is 1220. The van der Waals surface area contributed by atoms with E-state index < -0.39 is 21.2 Å². The van der Waals surface area contributed by atoms with E-state index >= 15 is 0 Å². The first-order chi connectivity index (χ1) is 17.1. The quantitative estimate of drug-likeness (QED) is 0.433. The summed E-state index contributed by atoms with van der Waals surface area (Å²) in [5.74, 6) is 0.856. The van der Waals surface area contributed by atoms with E-state index in [0.717, 1.165) is 24.2 Å². The van der Waals surface area contributed by atoms with Crippen LogP contribution in [0.15, 0.2) is 24.4 Å². The lowest BCUT2D eigenvalue weighted by atomic mass is 10.1. The van der Waals surface area contributed by atoms with Crippen LogP contribution in [-0.4, -0.2) is 72.2 Å². The average molecular weight is 518 g/mol. The molecule has 1 atom stereocenters. The van der Waals surface area contributed by atoms with Crippen LogP contribution >= 0.6 is 0 Å². The molecule has 2 heterocycles. The third-order valence-electron chi connectivity index (χ3n) is 6.34. The maximum Gasteiger partial charge on any atom is 0.254 e. The molecule has 1 aliphatic carbocycles. The maximum atomic E-state index is 12.6. The molecule has 12 heteroatoms. The van der Waals surface area contributed by atoms with Crippen LogP contribution in [0.2, 0.25) is 0 Å². The van der Waals surface area contributed by atoms with Crippen LogP contribution < -0.4 is 26.0 Å². The Morgan fingerprint density at radius 3 is 2.64 bits per heavy atom. The number of piperazine rings is 1. The predicted molar refractivity (Wildman–Crippen MR) is 141 cm³/mol. The van der Waals surface area contributed by atoms with Crippen LogP contribution in [0.25, 0.3) is 0 Å². The minimum Gasteiger partial charge on any atom is -0.492 e. The second-order valence-electron chi connectivity index (χ2n) is 9.47. The fourth-order valence-electron chi connectivity index (χ4n) is 4.19. The SMILES string of the molecule is CCOc1cc(Nc2ncc(C(N)=O)c(NC3CC3)n2)ccc1N1CCN(S(=O)(=O)C(C)C)C[C@@H]1C. The van der Waals surface area contributed by atoms with Gasteiger partial charge >= 0.3 is 0 Å². The van der Waals surface area contributed by atoms with Gasteiger partial charge in [0.1, 0.15) is 11.6 Å². The molecule has 1 aliphatic heterocycles. The number of rotatable bonds is 10. The Morgan fingerprint density at radius 1 is 1.28 bits per heavy atom. The number of anilines is 4. The number of hydrogen-bond donors (Lipinski definition) is 3. The number of nitrogens with zero attached hydrogens (tertiary/aromatic N) is 4. The van der Waals surface area contributed by atoms with Gasteiger partial charge in [0.05, 0.1) is 23.1 Å². The summed E-state index contributed by atoms with van der Waals surface area (Å²) in [5, 5.41) is 5.97. The number of aromatic nitrogens is 2. The Labute approximate surface area is 212 Å². The van der Waals surface area contributed by atoms with Gasteiger partial charge in [0, 0.05) is 49.7 Å². The van der Waals surface area contributed by atoms with Crippen molar-refractivity contribution in [2.45, 2.75) is 57.9 Å². The van der Waals surface area contributed by atoms with Gasteiger partial charge in [-0.15, -0.1) is 0 Å². The zero-order chi connectivity index (χ0) is 26.0. The first-order valence-electron chi connectivity index (χ1n) is 12.3. The van der Waals surface area contributed by atoms with Gasteiger partial charge in [0.15, 0.2) is 0 Å². The van der Waals surface area contributed by atoms with Crippen molar-refractivity contribution in [3.8, 4) is 5.75 Å². The summed E-state index contributed by atoms with van der Waals surface area (Å²) in [4.78, 5) is 22.7. The molecule has 196 valence electrons. The predicted octanol–water partition coefficient (Wildman–Crippen LogP) is 2.54. The van der Waals surface area contributed by atoms with Crippen LogP contribution in [-0.2, 0) is 10.0 Å². The summed E-state index contributed by atoms with van der Waals surface area (Å²) in [6.07, 6.45) is 3.48. The number of primary amides is 1. The third kappa shape index (κ3) is 5.65. The highest BCUT2D eigenvalue weighted by molar-refractivity contribution is 7.89. The first-order valence-corrected chi connectivity index (χ1v) is 13.8. The molecule has 0 unspecified atom stereocenters. The van der Waals surface area contributed by atoms with E-state index in [1.54, 1.807) is 18.2 Å². The van der Waals surface area contributed by atoms with Crippen molar-refractivity contribution < 1.29 is 17.9 Å². The van der Waals surface area contributed by atoms with Crippen LogP contribution in [0.1, 0.15) is 50.9 Å². The normalized spacial score (nSPS) is 18.8. The molecule has 2 aliphatic rings. The largest absolute Gasteiger partial charge is 0.492 e. The molecule has 4 rings (SSSR count). The molecule has 1 amide bonds. The smallest absolute Gasteiger partial charge is 0.254 e. The van der Waals surface area contributed by atoms with Crippen molar-refractivity contribution in [2.24, 2.45) is 5.73 Å². The first kappa shape index (κ1) is 26.0. The minimum atomic E-state index is -3.30. The molecule has 1 aromatic carbocycles. The summed E-state index contributed by atoms with van der Waals surface area (Å²) in [6, 6.07) is 6.01. The van der Waals surface area contributed by atoms with Gasteiger partial charge in [-0.1, -0.05) is 0 Å². The Hall–Kier alpha value is -3.12. The lowest BCUT2D eigenvalue weighted by Gasteiger charge is -2.41. The van der Waals surface area contributed by atoms with Crippen LogP contribution in [0, 0.1) is 0 Å². The summed E-state index contributed by atoms with van der Waals surface area (Å²) in [6.45, 7) is 9.24. The van der Waals surface area contributed by atoms with Gasteiger partial charge in [-0.2, -0.15) is 9.29 Å². The highest BCUT2D eigenvalue weighted by Crippen LogP contribution is 2.35. The molecule has 0 spiro atoms. The number of ether oxygens (including phenoxy) is 1. The maximum absolute atomic E-state index is 12.6. The van der Waals surface area contributed by atoms with Crippen molar-refractivity contribution in [3.05, 3.63) is 30.0 Å². The van der Waals surface area contributed by atoms with Crippen molar-refractivity contribution in [2.75, 3.05) is 41.8 Å². The van der Waals surface area contributed by atoms with Crippen molar-refractivity contribution in [3.63, 3.8) is 0 Å². The number of sulfonamides is 1. The summed E-state index contributed by atoms with van der Waals surface area (Å²) >= 11 is 0. The second kappa shape index (κ2) is 10.5. The molecule has 4 N–H and O–H groups in total. The van der Waals surface area contributed by atoms with E-state index in [2.05, 4.69) is 25.5 Å². The van der Waals surface area contributed by atoms with Gasteiger partial charge in [0.25, 0.3) is 5.91 Å². The average Bonchev–Trinajstić information content (AvgIpc) is 3.64. The Morgan fingerprint density at radius 2 is 2.03 bits per heavy atom. The molecule has 1 saturated carbocycles. The molecular weight excluding hydrogens is 482 g/mol. The van der Waals surface area contributed by atoms with Gasteiger partial charge in [-0.25, -0.2) is 13.4 Å². The van der Waals surface area contributed by atoms with E-state index in [-0.39, 0.29) is 11.6 Å².